The van der Waals surface area contributed by atoms with Crippen molar-refractivity contribution in [1.29, 1.82) is 5.26 Å². The molecule has 0 spiro atoms. The first kappa shape index (κ1) is 12.7. The number of rotatable bonds is 2. The largest absolute Gasteiger partial charge is 0.323 e. The van der Waals surface area contributed by atoms with Gasteiger partial charge in [0.15, 0.2) is 0 Å². The Balaban J connectivity index is 3.46. The van der Waals surface area contributed by atoms with Crippen LogP contribution >= 0.6 is 0 Å². The minimum Gasteiger partial charge on any atom is -0.323 e. The Kier molecular flexibility index (Phi) is 3.72. The van der Waals surface area contributed by atoms with Crippen LogP contribution in [0, 0.1) is 45.9 Å². The Morgan fingerprint density at radius 2 is 1.31 bits per heavy atom. The molecule has 2 N–H and O–H groups in total. The second-order valence-electron chi connectivity index (χ2n) is 4.51. The van der Waals surface area contributed by atoms with E-state index in [1.807, 2.05) is 0 Å². The molecule has 0 fully saturated rings. The molecule has 0 aliphatic heterocycles. The Morgan fingerprint density at radius 1 is 0.938 bits per heavy atom. The maximum absolute atomic E-state index is 8.74. The molecule has 1 rings (SSSR count). The summed E-state index contributed by atoms with van der Waals surface area (Å²) in [5.41, 5.74) is 13.6. The van der Waals surface area contributed by atoms with Crippen molar-refractivity contribution in [3.05, 3.63) is 33.4 Å². The van der Waals surface area contributed by atoms with E-state index in [4.69, 9.17) is 11.0 Å². The van der Waals surface area contributed by atoms with Crippen LogP contribution in [-0.4, -0.2) is 0 Å². The van der Waals surface area contributed by atoms with Crippen molar-refractivity contribution in [3.63, 3.8) is 0 Å². The fraction of sp³-hybridized carbons (Fsp3) is 0.500. The molecule has 0 bridgehead atoms. The predicted octanol–water partition coefficient (Wildman–Crippen LogP) is 3.14. The van der Waals surface area contributed by atoms with E-state index in [0.29, 0.717) is 6.42 Å². The van der Waals surface area contributed by atoms with Gasteiger partial charge >= 0.3 is 0 Å². The molecule has 0 radical (unpaired) electrons. The Labute approximate surface area is 98.1 Å². The van der Waals surface area contributed by atoms with E-state index in [2.05, 4.69) is 40.7 Å². The van der Waals surface area contributed by atoms with Crippen LogP contribution in [0.1, 0.15) is 45.8 Å². The Morgan fingerprint density at radius 3 is 1.69 bits per heavy atom. The molecular weight excluding hydrogens is 196 g/mol. The van der Waals surface area contributed by atoms with Crippen LogP contribution in [0.2, 0.25) is 0 Å². The third kappa shape index (κ3) is 1.96. The number of nitriles is 1. The van der Waals surface area contributed by atoms with Gasteiger partial charge in [-0.3, -0.25) is 0 Å². The first-order valence-electron chi connectivity index (χ1n) is 5.61. The van der Waals surface area contributed by atoms with E-state index in [1.54, 1.807) is 0 Å². The lowest BCUT2D eigenvalue weighted by Gasteiger charge is -2.21. The summed E-state index contributed by atoms with van der Waals surface area (Å²) in [6.45, 7) is 10.6. The fourth-order valence-corrected chi connectivity index (χ4v) is 2.29. The standard InChI is InChI=1S/C14H20N2/c1-8-9(2)11(4)14(12(5)10(8)3)13(16)6-7-15/h13H,6,16H2,1-5H3/t13-/m0/s1. The van der Waals surface area contributed by atoms with Crippen molar-refractivity contribution in [3.8, 4) is 6.07 Å². The first-order valence-corrected chi connectivity index (χ1v) is 5.61. The number of hydrogen-bond donors (Lipinski definition) is 1. The highest BCUT2D eigenvalue weighted by Gasteiger charge is 2.17. The zero-order valence-electron chi connectivity index (χ0n) is 10.8. The van der Waals surface area contributed by atoms with E-state index in [1.165, 1.54) is 27.8 Å². The number of benzene rings is 1. The van der Waals surface area contributed by atoms with Crippen LogP contribution in [0.5, 0.6) is 0 Å². The van der Waals surface area contributed by atoms with Gasteiger partial charge in [-0.1, -0.05) is 0 Å². The molecule has 0 heterocycles. The van der Waals surface area contributed by atoms with Crippen LogP contribution in [0.15, 0.2) is 0 Å². The molecule has 1 atom stereocenters. The molecule has 1 aromatic rings. The molecule has 0 unspecified atom stereocenters. The summed E-state index contributed by atoms with van der Waals surface area (Å²) in [7, 11) is 0. The minimum atomic E-state index is -0.164. The van der Waals surface area contributed by atoms with E-state index < -0.39 is 0 Å². The second kappa shape index (κ2) is 4.67. The van der Waals surface area contributed by atoms with Gasteiger partial charge in [-0.2, -0.15) is 5.26 Å². The highest BCUT2D eigenvalue weighted by molar-refractivity contribution is 5.50. The molecule has 0 aromatic heterocycles. The summed E-state index contributed by atoms with van der Waals surface area (Å²) in [4.78, 5) is 0. The van der Waals surface area contributed by atoms with Crippen molar-refractivity contribution in [1.82, 2.24) is 0 Å². The molecule has 0 saturated carbocycles. The predicted molar refractivity (Wildman–Crippen MR) is 67.3 cm³/mol. The van der Waals surface area contributed by atoms with Crippen LogP contribution in [0.25, 0.3) is 0 Å². The summed E-state index contributed by atoms with van der Waals surface area (Å²) in [6.07, 6.45) is 0.379. The molecule has 1 aromatic carbocycles. The summed E-state index contributed by atoms with van der Waals surface area (Å²) < 4.78 is 0. The van der Waals surface area contributed by atoms with E-state index in [0.717, 1.165) is 5.56 Å². The zero-order valence-corrected chi connectivity index (χ0v) is 10.8. The average Bonchev–Trinajstić information content (AvgIpc) is 2.24. The third-order valence-corrected chi connectivity index (χ3v) is 3.74. The highest BCUT2D eigenvalue weighted by atomic mass is 14.6. The molecule has 2 nitrogen and oxygen atoms in total. The second-order valence-corrected chi connectivity index (χ2v) is 4.51. The van der Waals surface area contributed by atoms with Crippen molar-refractivity contribution < 1.29 is 0 Å². The third-order valence-electron chi connectivity index (χ3n) is 3.74. The topological polar surface area (TPSA) is 49.8 Å². The van der Waals surface area contributed by atoms with E-state index in [-0.39, 0.29) is 6.04 Å². The normalized spacial score (nSPS) is 12.3. The molecule has 0 aliphatic carbocycles. The van der Waals surface area contributed by atoms with Gasteiger partial charge < -0.3 is 5.73 Å². The van der Waals surface area contributed by atoms with Gasteiger partial charge in [-0.05, 0) is 68.0 Å². The first-order chi connectivity index (χ1) is 7.41. The minimum absolute atomic E-state index is 0.164. The average molecular weight is 216 g/mol. The lowest BCUT2D eigenvalue weighted by atomic mass is 9.86. The molecule has 0 amide bonds. The number of nitrogens with zero attached hydrogens (tertiary/aromatic N) is 1. The maximum Gasteiger partial charge on any atom is 0.0641 e. The van der Waals surface area contributed by atoms with Gasteiger partial charge in [-0.25, -0.2) is 0 Å². The summed E-state index contributed by atoms with van der Waals surface area (Å²) in [5, 5.41) is 8.74. The molecule has 86 valence electrons. The van der Waals surface area contributed by atoms with Crippen molar-refractivity contribution in [2.75, 3.05) is 0 Å². The van der Waals surface area contributed by atoms with Gasteiger partial charge in [-0.15, -0.1) is 0 Å². The quantitative estimate of drug-likeness (QED) is 0.825. The van der Waals surface area contributed by atoms with Crippen molar-refractivity contribution in [2.24, 2.45) is 5.73 Å². The lowest BCUT2D eigenvalue weighted by Crippen LogP contribution is -2.15. The van der Waals surface area contributed by atoms with Crippen LogP contribution in [-0.2, 0) is 0 Å². The number of nitrogens with two attached hydrogens (primary N) is 1. The summed E-state index contributed by atoms with van der Waals surface area (Å²) in [5.74, 6) is 0. The van der Waals surface area contributed by atoms with Crippen molar-refractivity contribution in [2.45, 2.75) is 47.1 Å². The molecule has 0 saturated heterocycles. The molecule has 2 heteroatoms. The Hall–Kier alpha value is -1.33. The van der Waals surface area contributed by atoms with Crippen LogP contribution in [0.4, 0.5) is 0 Å². The van der Waals surface area contributed by atoms with E-state index in [9.17, 15) is 0 Å². The SMILES string of the molecule is Cc1c(C)c(C)c([C@@H](N)CC#N)c(C)c1C. The van der Waals surface area contributed by atoms with Crippen LogP contribution < -0.4 is 5.73 Å². The van der Waals surface area contributed by atoms with E-state index >= 15 is 0 Å². The summed E-state index contributed by atoms with van der Waals surface area (Å²) in [6, 6.07) is 1.99. The van der Waals surface area contributed by atoms with Gasteiger partial charge in [0.1, 0.15) is 0 Å². The maximum atomic E-state index is 8.74. The summed E-state index contributed by atoms with van der Waals surface area (Å²) >= 11 is 0. The smallest absolute Gasteiger partial charge is 0.0641 e. The van der Waals surface area contributed by atoms with Crippen molar-refractivity contribution >= 4 is 0 Å². The Bertz CT molecular complexity index is 424. The molecule has 16 heavy (non-hydrogen) atoms. The van der Waals surface area contributed by atoms with Gasteiger partial charge in [0.25, 0.3) is 0 Å². The zero-order chi connectivity index (χ0) is 12.5. The van der Waals surface area contributed by atoms with Crippen LogP contribution in [0.3, 0.4) is 0 Å². The number of hydrogen-bond acceptors (Lipinski definition) is 2. The highest BCUT2D eigenvalue weighted by Crippen LogP contribution is 2.30. The van der Waals surface area contributed by atoms with Gasteiger partial charge in [0.05, 0.1) is 12.5 Å². The fourth-order valence-electron chi connectivity index (χ4n) is 2.29. The lowest BCUT2D eigenvalue weighted by molar-refractivity contribution is 0.732. The molecule has 0 aliphatic rings. The van der Waals surface area contributed by atoms with Gasteiger partial charge in [0, 0.05) is 6.04 Å². The monoisotopic (exact) mass is 216 g/mol. The van der Waals surface area contributed by atoms with Gasteiger partial charge in [0.2, 0.25) is 0 Å². The molecular formula is C14H20N2.